The van der Waals surface area contributed by atoms with Crippen LogP contribution in [0.25, 0.3) is 11.6 Å². The average Bonchev–Trinajstić information content (AvgIpc) is 2.96. The number of fused-ring (bicyclic) bond motifs is 2. The summed E-state index contributed by atoms with van der Waals surface area (Å²) in [5.74, 6) is -1.65. The van der Waals surface area contributed by atoms with Crippen LogP contribution in [0.2, 0.25) is 0 Å². The molecule has 0 spiro atoms. The largest absolute Gasteiger partial charge is 0.375 e. The highest BCUT2D eigenvalue weighted by atomic mass is 19.2. The van der Waals surface area contributed by atoms with Gasteiger partial charge in [-0.1, -0.05) is 12.2 Å². The third-order valence-corrected chi connectivity index (χ3v) is 5.26. The van der Waals surface area contributed by atoms with Gasteiger partial charge in [0.1, 0.15) is 0 Å². The van der Waals surface area contributed by atoms with Gasteiger partial charge in [-0.2, -0.15) is 5.10 Å². The first-order valence-corrected chi connectivity index (χ1v) is 8.73. The van der Waals surface area contributed by atoms with Gasteiger partial charge in [-0.15, -0.1) is 0 Å². The topological polar surface area (TPSA) is 39.7 Å². The van der Waals surface area contributed by atoms with Crippen LogP contribution >= 0.6 is 0 Å². The molecule has 1 aromatic rings. The number of likely N-dealkylation sites (N-methyl/N-ethyl adjacent to an activating group) is 1. The Morgan fingerprint density at radius 3 is 2.88 bits per heavy atom. The SMILES string of the molecule is CN1C=C2C(=C(C3=CCNCC3)C1)NN=C1C=Cc3cc(F)c(F)c2c31. The lowest BCUT2D eigenvalue weighted by atomic mass is 9.87. The van der Waals surface area contributed by atoms with Crippen LogP contribution in [0, 0.1) is 11.6 Å². The second-order valence-electron chi connectivity index (χ2n) is 6.95. The van der Waals surface area contributed by atoms with Crippen molar-refractivity contribution in [1.82, 2.24) is 15.6 Å². The van der Waals surface area contributed by atoms with Gasteiger partial charge in [0, 0.05) is 48.6 Å². The number of hydrogen-bond acceptors (Lipinski definition) is 4. The molecule has 1 aromatic carbocycles. The molecule has 0 saturated heterocycles. The molecule has 0 saturated carbocycles. The number of hydrogen-bond donors (Lipinski definition) is 2. The van der Waals surface area contributed by atoms with E-state index < -0.39 is 11.6 Å². The third-order valence-electron chi connectivity index (χ3n) is 5.26. The molecule has 3 heterocycles. The lowest BCUT2D eigenvalue weighted by Crippen LogP contribution is -2.29. The van der Waals surface area contributed by atoms with E-state index in [4.69, 9.17) is 0 Å². The number of rotatable bonds is 1. The molecule has 3 aliphatic heterocycles. The number of nitrogens with one attached hydrogen (secondary N) is 2. The first-order chi connectivity index (χ1) is 12.6. The van der Waals surface area contributed by atoms with Crippen LogP contribution in [0.4, 0.5) is 8.78 Å². The minimum absolute atomic E-state index is 0.294. The smallest absolute Gasteiger partial charge is 0.167 e. The summed E-state index contributed by atoms with van der Waals surface area (Å²) in [7, 11) is 1.95. The maximum Gasteiger partial charge on any atom is 0.167 e. The molecular weight excluding hydrogens is 334 g/mol. The van der Waals surface area contributed by atoms with Gasteiger partial charge in [-0.25, -0.2) is 8.78 Å². The number of allylic oxidation sites excluding steroid dienone is 2. The molecule has 0 unspecified atom stereocenters. The summed E-state index contributed by atoms with van der Waals surface area (Å²) in [6.07, 6.45) is 8.52. The maximum absolute atomic E-state index is 14.9. The third kappa shape index (κ3) is 2.18. The van der Waals surface area contributed by atoms with Gasteiger partial charge >= 0.3 is 0 Å². The molecule has 26 heavy (non-hydrogen) atoms. The standard InChI is InChI=1S/C20H18F2N4/c1-26-9-13(11-4-6-23-7-5-11)20-14(10-26)18-17-12(8-15(21)19(18)22)2-3-16(17)24-25-20/h2-4,8,10,23,25H,5-7,9H2,1H3. The van der Waals surface area contributed by atoms with E-state index in [0.29, 0.717) is 34.5 Å². The second kappa shape index (κ2) is 5.64. The summed E-state index contributed by atoms with van der Waals surface area (Å²) in [6.45, 7) is 2.43. The van der Waals surface area contributed by atoms with Gasteiger partial charge in [0.2, 0.25) is 0 Å². The summed E-state index contributed by atoms with van der Waals surface area (Å²) in [4.78, 5) is 2.02. The molecule has 132 valence electrons. The molecule has 0 aromatic heterocycles. The van der Waals surface area contributed by atoms with Crippen molar-refractivity contribution in [2.75, 3.05) is 26.7 Å². The normalized spacial score (nSPS) is 20.7. The van der Waals surface area contributed by atoms with Gasteiger partial charge < -0.3 is 10.2 Å². The van der Waals surface area contributed by atoms with E-state index in [2.05, 4.69) is 21.9 Å². The highest BCUT2D eigenvalue weighted by Crippen LogP contribution is 2.40. The summed E-state index contributed by atoms with van der Waals surface area (Å²) in [5.41, 5.74) is 9.16. The molecule has 0 atom stereocenters. The molecular formula is C20H18F2N4. The van der Waals surface area contributed by atoms with Crippen LogP contribution in [0.15, 0.2) is 46.4 Å². The van der Waals surface area contributed by atoms with Gasteiger partial charge in [0.15, 0.2) is 11.6 Å². The average molecular weight is 352 g/mol. The first kappa shape index (κ1) is 15.5. The van der Waals surface area contributed by atoms with Crippen LogP contribution in [-0.2, 0) is 0 Å². The van der Waals surface area contributed by atoms with Gasteiger partial charge in [-0.3, -0.25) is 5.43 Å². The van der Waals surface area contributed by atoms with Gasteiger partial charge in [0.05, 0.1) is 11.4 Å². The number of benzene rings is 1. The molecule has 0 bridgehead atoms. The Morgan fingerprint density at radius 1 is 1.19 bits per heavy atom. The van der Waals surface area contributed by atoms with Gasteiger partial charge in [0.25, 0.3) is 0 Å². The Hall–Kier alpha value is -2.73. The summed E-state index contributed by atoms with van der Waals surface area (Å²) < 4.78 is 29.2. The molecule has 4 nitrogen and oxygen atoms in total. The van der Waals surface area contributed by atoms with E-state index in [0.717, 1.165) is 30.8 Å². The molecule has 0 fully saturated rings. The van der Waals surface area contributed by atoms with Crippen molar-refractivity contribution in [1.29, 1.82) is 0 Å². The van der Waals surface area contributed by atoms with E-state index in [-0.39, 0.29) is 0 Å². The van der Waals surface area contributed by atoms with Crippen molar-refractivity contribution in [2.24, 2.45) is 5.10 Å². The van der Waals surface area contributed by atoms with E-state index in [1.807, 2.05) is 18.1 Å². The van der Waals surface area contributed by atoms with Crippen LogP contribution in [0.3, 0.4) is 0 Å². The Bertz CT molecular complexity index is 982. The molecule has 0 radical (unpaired) electrons. The zero-order valence-electron chi connectivity index (χ0n) is 14.4. The quantitative estimate of drug-likeness (QED) is 0.816. The zero-order chi connectivity index (χ0) is 17.8. The predicted molar refractivity (Wildman–Crippen MR) is 98.3 cm³/mol. The maximum atomic E-state index is 14.9. The van der Waals surface area contributed by atoms with E-state index >= 15 is 0 Å². The molecule has 1 aliphatic carbocycles. The fourth-order valence-corrected chi connectivity index (χ4v) is 4.06. The lowest BCUT2D eigenvalue weighted by molar-refractivity contribution is 0.483. The lowest BCUT2D eigenvalue weighted by Gasteiger charge is -2.30. The van der Waals surface area contributed by atoms with Gasteiger partial charge in [-0.05, 0) is 36.2 Å². The minimum atomic E-state index is -0.831. The summed E-state index contributed by atoms with van der Waals surface area (Å²) in [6, 6.07) is 1.24. The predicted octanol–water partition coefficient (Wildman–Crippen LogP) is 2.76. The fraction of sp³-hybridized carbons (Fsp3) is 0.250. The fourth-order valence-electron chi connectivity index (χ4n) is 4.06. The zero-order valence-corrected chi connectivity index (χ0v) is 14.4. The molecule has 5 rings (SSSR count). The number of halogens is 2. The molecule has 0 amide bonds. The summed E-state index contributed by atoms with van der Waals surface area (Å²) in [5, 5.41) is 7.80. The van der Waals surface area contributed by atoms with Crippen molar-refractivity contribution in [3.8, 4) is 0 Å². The van der Waals surface area contributed by atoms with Crippen molar-refractivity contribution in [3.05, 3.63) is 69.6 Å². The highest BCUT2D eigenvalue weighted by Gasteiger charge is 2.33. The molecule has 2 N–H and O–H groups in total. The Balaban J connectivity index is 1.79. The van der Waals surface area contributed by atoms with Crippen LogP contribution in [-0.4, -0.2) is 37.3 Å². The van der Waals surface area contributed by atoms with Crippen LogP contribution < -0.4 is 10.7 Å². The number of hydrazone groups is 1. The van der Waals surface area contributed by atoms with Crippen molar-refractivity contribution < 1.29 is 8.78 Å². The Morgan fingerprint density at radius 2 is 2.08 bits per heavy atom. The molecule has 6 heteroatoms. The van der Waals surface area contributed by atoms with Crippen molar-refractivity contribution >= 4 is 17.4 Å². The highest BCUT2D eigenvalue weighted by molar-refractivity contribution is 6.20. The minimum Gasteiger partial charge on any atom is -0.375 e. The van der Waals surface area contributed by atoms with E-state index in [9.17, 15) is 8.78 Å². The van der Waals surface area contributed by atoms with E-state index in [1.54, 1.807) is 12.2 Å². The first-order valence-electron chi connectivity index (χ1n) is 8.73. The monoisotopic (exact) mass is 352 g/mol. The van der Waals surface area contributed by atoms with Crippen molar-refractivity contribution in [3.63, 3.8) is 0 Å². The van der Waals surface area contributed by atoms with Crippen LogP contribution in [0.5, 0.6) is 0 Å². The summed E-state index contributed by atoms with van der Waals surface area (Å²) >= 11 is 0. The molecule has 4 aliphatic rings. The Labute approximate surface area is 150 Å². The van der Waals surface area contributed by atoms with E-state index in [1.165, 1.54) is 11.6 Å². The second-order valence-corrected chi connectivity index (χ2v) is 6.95. The van der Waals surface area contributed by atoms with Crippen LogP contribution in [0.1, 0.15) is 23.1 Å². The number of nitrogens with zero attached hydrogens (tertiary/aromatic N) is 2. The Kier molecular flexibility index (Phi) is 3.37. The van der Waals surface area contributed by atoms with Crippen molar-refractivity contribution in [2.45, 2.75) is 6.42 Å².